The average molecular weight is 463 g/mol. The molecule has 8 nitrogen and oxygen atoms in total. The van der Waals surface area contributed by atoms with Crippen molar-refractivity contribution in [3.05, 3.63) is 70.7 Å². The molecular weight excluding hydrogens is 432 g/mol. The van der Waals surface area contributed by atoms with Crippen LogP contribution in [0.25, 0.3) is 11.4 Å². The number of amides is 1. The summed E-state index contributed by atoms with van der Waals surface area (Å²) in [4.78, 5) is 33.7. The summed E-state index contributed by atoms with van der Waals surface area (Å²) in [7, 11) is 5.65. The van der Waals surface area contributed by atoms with Gasteiger partial charge >= 0.3 is 0 Å². The smallest absolute Gasteiger partial charge is 0.295 e. The van der Waals surface area contributed by atoms with Crippen LogP contribution in [0.5, 0.6) is 5.75 Å². The van der Waals surface area contributed by atoms with E-state index in [4.69, 9.17) is 4.74 Å². The van der Waals surface area contributed by atoms with Gasteiger partial charge in [0.1, 0.15) is 11.4 Å². The van der Waals surface area contributed by atoms with Gasteiger partial charge in [0, 0.05) is 24.7 Å². The molecule has 1 aliphatic rings. The number of aromatic nitrogens is 2. The number of methoxy groups -OCH3 is 1. The number of quaternary nitrogens is 1. The van der Waals surface area contributed by atoms with E-state index in [1.54, 1.807) is 48.9 Å². The average Bonchev–Trinajstić information content (AvgIpc) is 3.28. The number of nitrogens with zero attached hydrogens (tertiary/aromatic N) is 3. The fraction of sp³-hybridized carbons (Fsp3) is 0.346. The molecule has 1 unspecified atom stereocenters. The van der Waals surface area contributed by atoms with E-state index in [-0.39, 0.29) is 5.57 Å². The highest BCUT2D eigenvalue weighted by molar-refractivity contribution is 6.46. The zero-order valence-corrected chi connectivity index (χ0v) is 20.2. The van der Waals surface area contributed by atoms with Gasteiger partial charge in [-0.25, -0.2) is 4.98 Å². The summed E-state index contributed by atoms with van der Waals surface area (Å²) in [6, 6.07) is 10.2. The Morgan fingerprint density at radius 3 is 2.50 bits per heavy atom. The van der Waals surface area contributed by atoms with Crippen LogP contribution in [0.4, 0.5) is 0 Å². The molecule has 34 heavy (non-hydrogen) atoms. The molecule has 4 rings (SSSR count). The highest BCUT2D eigenvalue weighted by Crippen LogP contribution is 2.39. The van der Waals surface area contributed by atoms with Crippen LogP contribution in [0.1, 0.15) is 35.0 Å². The number of benzene rings is 1. The molecular formula is C26H30N4O4. The van der Waals surface area contributed by atoms with Gasteiger partial charge in [0.05, 0.1) is 45.2 Å². The number of fused-ring (bicyclic) bond motifs is 1. The Balaban J connectivity index is 1.88. The zero-order valence-electron chi connectivity index (χ0n) is 20.2. The quantitative estimate of drug-likeness (QED) is 0.317. The van der Waals surface area contributed by atoms with Crippen molar-refractivity contribution in [2.45, 2.75) is 26.3 Å². The molecule has 178 valence electrons. The minimum atomic E-state index is -0.759. The van der Waals surface area contributed by atoms with E-state index in [1.807, 2.05) is 33.2 Å². The molecule has 0 spiro atoms. The molecule has 1 saturated heterocycles. The largest absolute Gasteiger partial charge is 0.871 e. The van der Waals surface area contributed by atoms with Crippen LogP contribution in [0.2, 0.25) is 0 Å². The second-order valence-electron chi connectivity index (χ2n) is 8.99. The predicted octanol–water partition coefficient (Wildman–Crippen LogP) is 0.718. The Morgan fingerprint density at radius 2 is 1.85 bits per heavy atom. The van der Waals surface area contributed by atoms with Crippen molar-refractivity contribution in [2.75, 3.05) is 34.3 Å². The summed E-state index contributed by atoms with van der Waals surface area (Å²) < 4.78 is 6.97. The summed E-state index contributed by atoms with van der Waals surface area (Å²) >= 11 is 0. The standard InChI is InChI=1S/C26H30N4O4/c1-16-8-6-14-29-21(17(2)27-25(16)29)23(31)20-22(18-9-11-19(34-5)12-10-18)30(26(33)24(20)32)15-7-13-28(3)4/h6,8-12,14,22,31H,7,13,15H2,1-5H3/b23-20+. The van der Waals surface area contributed by atoms with Gasteiger partial charge in [-0.05, 0) is 43.2 Å². The molecule has 0 aliphatic carbocycles. The minimum Gasteiger partial charge on any atom is -0.871 e. The van der Waals surface area contributed by atoms with E-state index >= 15 is 0 Å². The Kier molecular flexibility index (Phi) is 6.43. The highest BCUT2D eigenvalue weighted by atomic mass is 16.5. The van der Waals surface area contributed by atoms with Crippen LogP contribution in [0, 0.1) is 13.8 Å². The number of likely N-dealkylation sites (tertiary alicyclic amines) is 1. The summed E-state index contributed by atoms with van der Waals surface area (Å²) in [6.07, 6.45) is 2.47. The summed E-state index contributed by atoms with van der Waals surface area (Å²) in [5.41, 5.74) is 3.08. The van der Waals surface area contributed by atoms with Gasteiger partial charge in [-0.2, -0.15) is 0 Å². The van der Waals surface area contributed by atoms with Gasteiger partial charge in [0.25, 0.3) is 5.91 Å². The van der Waals surface area contributed by atoms with Crippen molar-refractivity contribution in [1.29, 1.82) is 0 Å². The molecule has 2 aromatic heterocycles. The number of ether oxygens (including phenoxy) is 1. The van der Waals surface area contributed by atoms with Gasteiger partial charge in [-0.3, -0.25) is 9.59 Å². The van der Waals surface area contributed by atoms with Crippen molar-refractivity contribution in [2.24, 2.45) is 0 Å². The number of carbonyl (C=O) groups is 2. The molecule has 1 aromatic carbocycles. The van der Waals surface area contributed by atoms with Crippen LogP contribution in [-0.4, -0.2) is 60.3 Å². The van der Waals surface area contributed by atoms with E-state index in [9.17, 15) is 14.7 Å². The molecule has 1 N–H and O–H groups in total. The number of hydrogen-bond acceptors (Lipinski definition) is 5. The Hall–Kier alpha value is -3.65. The zero-order chi connectivity index (χ0) is 24.6. The lowest BCUT2D eigenvalue weighted by molar-refractivity contribution is -0.858. The van der Waals surface area contributed by atoms with Gasteiger partial charge in [0.15, 0.2) is 0 Å². The number of imidazole rings is 1. The van der Waals surface area contributed by atoms with Gasteiger partial charge in [-0.15, -0.1) is 0 Å². The van der Waals surface area contributed by atoms with Crippen molar-refractivity contribution >= 4 is 23.1 Å². The number of ketones is 1. The number of Topliss-reactive ketones (excluding diaryl/α,β-unsaturated/α-hetero) is 1. The molecule has 3 aromatic rings. The maximum atomic E-state index is 13.9. The molecule has 3 heterocycles. The minimum absolute atomic E-state index is 0.0289. The van der Waals surface area contributed by atoms with Crippen LogP contribution in [0.15, 0.2) is 48.2 Å². The van der Waals surface area contributed by atoms with E-state index in [0.717, 1.165) is 12.1 Å². The van der Waals surface area contributed by atoms with Crippen molar-refractivity contribution in [3.8, 4) is 5.75 Å². The fourth-order valence-electron chi connectivity index (χ4n) is 4.56. The van der Waals surface area contributed by atoms with Crippen molar-refractivity contribution in [3.63, 3.8) is 0 Å². The third-order valence-corrected chi connectivity index (χ3v) is 6.27. The monoisotopic (exact) mass is 462 g/mol. The second-order valence-corrected chi connectivity index (χ2v) is 8.99. The Labute approximate surface area is 199 Å². The SMILES string of the molecule is COc1ccc(C2/C(=C(\[O-])c3c(C)nc4c(C)cccn34)C(=O)C(=O)N2CCC[NH+](C)C)cc1. The number of pyridine rings is 1. The molecule has 1 aliphatic heterocycles. The summed E-state index contributed by atoms with van der Waals surface area (Å²) in [5.74, 6) is -1.19. The van der Waals surface area contributed by atoms with E-state index in [1.165, 1.54) is 9.80 Å². The third-order valence-electron chi connectivity index (χ3n) is 6.27. The molecule has 0 bridgehead atoms. The third kappa shape index (κ3) is 4.05. The van der Waals surface area contributed by atoms with E-state index < -0.39 is 23.5 Å². The maximum absolute atomic E-state index is 13.9. The lowest BCUT2D eigenvalue weighted by Crippen LogP contribution is -3.05. The normalized spacial score (nSPS) is 17.8. The molecule has 1 fully saturated rings. The Morgan fingerprint density at radius 1 is 1.15 bits per heavy atom. The maximum Gasteiger partial charge on any atom is 0.295 e. The van der Waals surface area contributed by atoms with Crippen LogP contribution >= 0.6 is 0 Å². The number of nitrogens with one attached hydrogen (secondary N) is 1. The van der Waals surface area contributed by atoms with Crippen molar-refractivity contribution in [1.82, 2.24) is 14.3 Å². The lowest BCUT2D eigenvalue weighted by Gasteiger charge is -2.27. The predicted molar refractivity (Wildman–Crippen MR) is 126 cm³/mol. The van der Waals surface area contributed by atoms with Crippen LogP contribution in [-0.2, 0) is 9.59 Å². The summed E-state index contributed by atoms with van der Waals surface area (Å²) in [5, 5.41) is 13.9. The first-order valence-corrected chi connectivity index (χ1v) is 11.4. The first kappa shape index (κ1) is 23.5. The lowest BCUT2D eigenvalue weighted by atomic mass is 9.96. The number of carbonyl (C=O) groups excluding carboxylic acids is 2. The van der Waals surface area contributed by atoms with Gasteiger partial charge < -0.3 is 24.0 Å². The topological polar surface area (TPSA) is 91.4 Å². The van der Waals surface area contributed by atoms with E-state index in [0.29, 0.717) is 41.3 Å². The Bertz CT molecular complexity index is 1270. The molecule has 0 radical (unpaired) electrons. The fourth-order valence-corrected chi connectivity index (χ4v) is 4.56. The molecule has 1 amide bonds. The first-order chi connectivity index (χ1) is 16.2. The van der Waals surface area contributed by atoms with E-state index in [2.05, 4.69) is 4.98 Å². The number of hydrogen-bond donors (Lipinski definition) is 1. The summed E-state index contributed by atoms with van der Waals surface area (Å²) in [6.45, 7) is 4.89. The van der Waals surface area contributed by atoms with Crippen LogP contribution in [0.3, 0.4) is 0 Å². The van der Waals surface area contributed by atoms with Gasteiger partial charge in [-0.1, -0.05) is 24.0 Å². The highest BCUT2D eigenvalue weighted by Gasteiger charge is 2.44. The van der Waals surface area contributed by atoms with Gasteiger partial charge in [0.2, 0.25) is 5.78 Å². The van der Waals surface area contributed by atoms with Crippen molar-refractivity contribution < 1.29 is 24.3 Å². The number of rotatable bonds is 7. The first-order valence-electron chi connectivity index (χ1n) is 11.4. The number of aryl methyl sites for hydroxylation is 2. The second kappa shape index (κ2) is 9.30. The van der Waals surface area contributed by atoms with Crippen LogP contribution < -0.4 is 14.7 Å². The molecule has 8 heteroatoms. The molecule has 0 saturated carbocycles. The molecule has 1 atom stereocenters.